The molecule has 1 saturated heterocycles. The van der Waals surface area contributed by atoms with Crippen LogP contribution in [0.2, 0.25) is 0 Å². The third kappa shape index (κ3) is 4.36. The van der Waals surface area contributed by atoms with Gasteiger partial charge in [0.2, 0.25) is 0 Å². The van der Waals surface area contributed by atoms with Crippen LogP contribution in [0.3, 0.4) is 0 Å². The number of hydrogen-bond acceptors (Lipinski definition) is 2. The van der Waals surface area contributed by atoms with E-state index in [1.165, 1.54) is 24.0 Å². The summed E-state index contributed by atoms with van der Waals surface area (Å²) in [5.74, 6) is 0.473. The van der Waals surface area contributed by atoms with Gasteiger partial charge in [0.1, 0.15) is 0 Å². The first-order valence-corrected chi connectivity index (χ1v) is 8.65. The monoisotopic (exact) mass is 322 g/mol. The van der Waals surface area contributed by atoms with Gasteiger partial charge >= 0.3 is 0 Å². The van der Waals surface area contributed by atoms with Crippen molar-refractivity contribution in [2.45, 2.75) is 25.8 Å². The minimum atomic E-state index is 0.298. The molecule has 1 unspecified atom stereocenters. The maximum atomic E-state index is 6.10. The Balaban J connectivity index is 1.70. The summed E-state index contributed by atoms with van der Waals surface area (Å²) in [4.78, 5) is 7.12. The average Bonchev–Trinajstić information content (AvgIpc) is 3.10. The van der Waals surface area contributed by atoms with Gasteiger partial charge in [0.05, 0.1) is 12.6 Å². The van der Waals surface area contributed by atoms with E-state index in [2.05, 4.69) is 64.6 Å². The van der Waals surface area contributed by atoms with Crippen LogP contribution in [0, 0.1) is 6.92 Å². The van der Waals surface area contributed by atoms with Crippen molar-refractivity contribution in [1.29, 1.82) is 0 Å². The third-order valence-corrected chi connectivity index (χ3v) is 4.49. The molecule has 1 atom stereocenters. The quantitative estimate of drug-likeness (QED) is 0.654. The molecule has 2 aromatic rings. The molecule has 1 aliphatic rings. The van der Waals surface area contributed by atoms with Crippen LogP contribution in [0.25, 0.3) is 0 Å². The lowest BCUT2D eigenvalue weighted by atomic mass is 10.1. The van der Waals surface area contributed by atoms with Gasteiger partial charge in [-0.2, -0.15) is 0 Å². The molecule has 3 rings (SSSR count). The molecule has 2 aromatic carbocycles. The highest BCUT2D eigenvalue weighted by Crippen LogP contribution is 2.25. The molecule has 126 valence electrons. The zero-order chi connectivity index (χ0) is 16.8. The van der Waals surface area contributed by atoms with Crippen molar-refractivity contribution in [2.75, 3.05) is 25.0 Å². The maximum absolute atomic E-state index is 6.10. The van der Waals surface area contributed by atoms with Gasteiger partial charge in [-0.05, 0) is 56.1 Å². The first-order chi connectivity index (χ1) is 11.7. The fourth-order valence-corrected chi connectivity index (χ4v) is 3.26. The Kier molecular flexibility index (Phi) is 5.49. The molecule has 0 spiro atoms. The molecule has 4 heteroatoms. The minimum absolute atomic E-state index is 0.298. The molecule has 4 nitrogen and oxygen atoms in total. The van der Waals surface area contributed by atoms with Crippen molar-refractivity contribution in [1.82, 2.24) is 4.90 Å². The standard InChI is InChI=1S/C20H26N4/c1-16-8-7-11-18(14-16)23-20(21)22-15-19(24-12-5-6-13-24)17-9-3-2-4-10-17/h2-4,7-11,14,19H,5-6,12-13,15H2,1H3,(H3,21,22,23). The summed E-state index contributed by atoms with van der Waals surface area (Å²) in [6.45, 7) is 5.02. The van der Waals surface area contributed by atoms with Gasteiger partial charge in [0.15, 0.2) is 5.96 Å². The molecular weight excluding hydrogens is 296 g/mol. The number of nitrogens with two attached hydrogens (primary N) is 1. The van der Waals surface area contributed by atoms with Gasteiger partial charge in [-0.3, -0.25) is 9.89 Å². The van der Waals surface area contributed by atoms with Crippen LogP contribution in [0.15, 0.2) is 59.6 Å². The number of rotatable bonds is 5. The second kappa shape index (κ2) is 7.97. The van der Waals surface area contributed by atoms with Crippen LogP contribution in [-0.2, 0) is 0 Å². The van der Waals surface area contributed by atoms with Crippen molar-refractivity contribution in [3.8, 4) is 0 Å². The molecule has 0 amide bonds. The summed E-state index contributed by atoms with van der Waals surface area (Å²) < 4.78 is 0. The SMILES string of the molecule is Cc1cccc(NC(N)=NCC(c2ccccc2)N2CCCC2)c1. The van der Waals surface area contributed by atoms with Crippen molar-refractivity contribution < 1.29 is 0 Å². The molecule has 1 aliphatic heterocycles. The molecule has 1 fully saturated rings. The fourth-order valence-electron chi connectivity index (χ4n) is 3.26. The van der Waals surface area contributed by atoms with Crippen LogP contribution in [-0.4, -0.2) is 30.5 Å². The van der Waals surface area contributed by atoms with Gasteiger partial charge in [-0.25, -0.2) is 0 Å². The largest absolute Gasteiger partial charge is 0.370 e. The van der Waals surface area contributed by atoms with E-state index < -0.39 is 0 Å². The normalized spacial score (nSPS) is 17.0. The summed E-state index contributed by atoms with van der Waals surface area (Å²) in [5, 5.41) is 3.19. The van der Waals surface area contributed by atoms with E-state index in [4.69, 9.17) is 5.73 Å². The predicted molar refractivity (Wildman–Crippen MR) is 101 cm³/mol. The summed E-state index contributed by atoms with van der Waals surface area (Å²) >= 11 is 0. The molecular formula is C20H26N4. The first-order valence-electron chi connectivity index (χ1n) is 8.65. The predicted octanol–water partition coefficient (Wildman–Crippen LogP) is 3.56. The molecule has 1 heterocycles. The lowest BCUT2D eigenvalue weighted by molar-refractivity contribution is 0.252. The lowest BCUT2D eigenvalue weighted by Gasteiger charge is -2.26. The number of aliphatic imine (C=N–C) groups is 1. The Morgan fingerprint density at radius 3 is 2.58 bits per heavy atom. The number of nitrogens with one attached hydrogen (secondary N) is 1. The highest BCUT2D eigenvalue weighted by atomic mass is 15.2. The second-order valence-electron chi connectivity index (χ2n) is 6.39. The molecule has 0 aliphatic carbocycles. The van der Waals surface area contributed by atoms with Gasteiger partial charge in [0.25, 0.3) is 0 Å². The maximum Gasteiger partial charge on any atom is 0.193 e. The average molecular weight is 322 g/mol. The summed E-state index contributed by atoms with van der Waals surface area (Å²) in [6.07, 6.45) is 2.54. The smallest absolute Gasteiger partial charge is 0.193 e. The van der Waals surface area contributed by atoms with Crippen LogP contribution in [0.4, 0.5) is 5.69 Å². The minimum Gasteiger partial charge on any atom is -0.370 e. The molecule has 0 saturated carbocycles. The third-order valence-electron chi connectivity index (χ3n) is 4.49. The number of nitrogens with zero attached hydrogens (tertiary/aromatic N) is 2. The van der Waals surface area contributed by atoms with Crippen LogP contribution >= 0.6 is 0 Å². The van der Waals surface area contributed by atoms with Gasteiger partial charge in [-0.15, -0.1) is 0 Å². The van der Waals surface area contributed by atoms with E-state index in [9.17, 15) is 0 Å². The Bertz CT molecular complexity index is 675. The van der Waals surface area contributed by atoms with Gasteiger partial charge in [0, 0.05) is 5.69 Å². The fraction of sp³-hybridized carbons (Fsp3) is 0.350. The van der Waals surface area contributed by atoms with Crippen LogP contribution in [0.1, 0.15) is 30.0 Å². The van der Waals surface area contributed by atoms with Crippen molar-refractivity contribution in [2.24, 2.45) is 10.7 Å². The molecule has 0 aromatic heterocycles. The molecule has 3 N–H and O–H groups in total. The van der Waals surface area contributed by atoms with Crippen LogP contribution < -0.4 is 11.1 Å². The van der Waals surface area contributed by atoms with Gasteiger partial charge < -0.3 is 11.1 Å². The molecule has 0 radical (unpaired) electrons. The number of likely N-dealkylation sites (tertiary alicyclic amines) is 1. The Morgan fingerprint density at radius 1 is 1.12 bits per heavy atom. The zero-order valence-electron chi connectivity index (χ0n) is 14.3. The number of anilines is 1. The summed E-state index contributed by atoms with van der Waals surface area (Å²) in [5.41, 5.74) is 9.59. The van der Waals surface area contributed by atoms with E-state index >= 15 is 0 Å². The van der Waals surface area contributed by atoms with E-state index in [1.807, 2.05) is 12.1 Å². The number of benzene rings is 2. The van der Waals surface area contributed by atoms with Crippen LogP contribution in [0.5, 0.6) is 0 Å². The second-order valence-corrected chi connectivity index (χ2v) is 6.39. The Hall–Kier alpha value is -2.33. The first kappa shape index (κ1) is 16.5. The van der Waals surface area contributed by atoms with Crippen molar-refractivity contribution >= 4 is 11.6 Å². The van der Waals surface area contributed by atoms with Crippen molar-refractivity contribution in [3.05, 3.63) is 65.7 Å². The van der Waals surface area contributed by atoms with E-state index in [0.717, 1.165) is 18.8 Å². The zero-order valence-corrected chi connectivity index (χ0v) is 14.3. The molecule has 0 bridgehead atoms. The number of aryl methyl sites for hydroxylation is 1. The topological polar surface area (TPSA) is 53.6 Å². The lowest BCUT2D eigenvalue weighted by Crippen LogP contribution is -2.30. The summed E-state index contributed by atoms with van der Waals surface area (Å²) in [7, 11) is 0. The Morgan fingerprint density at radius 2 is 1.88 bits per heavy atom. The Labute approximate surface area is 144 Å². The van der Waals surface area contributed by atoms with E-state index in [1.54, 1.807) is 0 Å². The van der Waals surface area contributed by atoms with E-state index in [-0.39, 0.29) is 0 Å². The number of hydrogen-bond donors (Lipinski definition) is 2. The summed E-state index contributed by atoms with van der Waals surface area (Å²) in [6, 6.07) is 19.1. The highest BCUT2D eigenvalue weighted by molar-refractivity contribution is 5.92. The highest BCUT2D eigenvalue weighted by Gasteiger charge is 2.23. The molecule has 24 heavy (non-hydrogen) atoms. The number of guanidine groups is 1. The van der Waals surface area contributed by atoms with E-state index in [0.29, 0.717) is 18.5 Å². The van der Waals surface area contributed by atoms with Crippen molar-refractivity contribution in [3.63, 3.8) is 0 Å². The van der Waals surface area contributed by atoms with Gasteiger partial charge in [-0.1, -0.05) is 42.5 Å².